The van der Waals surface area contributed by atoms with Gasteiger partial charge in [-0.15, -0.1) is 0 Å². The van der Waals surface area contributed by atoms with Crippen LogP contribution in [-0.2, 0) is 9.47 Å². The highest BCUT2D eigenvalue weighted by molar-refractivity contribution is 4.75. The van der Waals surface area contributed by atoms with Gasteiger partial charge in [-0.3, -0.25) is 4.90 Å². The van der Waals surface area contributed by atoms with Crippen molar-refractivity contribution < 1.29 is 9.47 Å². The van der Waals surface area contributed by atoms with E-state index in [0.29, 0.717) is 0 Å². The molecule has 0 radical (unpaired) electrons. The van der Waals surface area contributed by atoms with Crippen molar-refractivity contribution >= 4 is 0 Å². The number of ether oxygens (including phenoxy) is 2. The number of nitrogens with two attached hydrogens (primary N) is 1. The van der Waals surface area contributed by atoms with Gasteiger partial charge in [0.05, 0.1) is 13.2 Å². The first kappa shape index (κ1) is 15.9. The zero-order chi connectivity index (χ0) is 13.2. The summed E-state index contributed by atoms with van der Waals surface area (Å²) >= 11 is 0. The topological polar surface area (TPSA) is 47.7 Å². The number of hydrogen-bond acceptors (Lipinski definition) is 4. The molecule has 2 N–H and O–H groups in total. The molecule has 108 valence electrons. The fourth-order valence-corrected chi connectivity index (χ4v) is 2.75. The third kappa shape index (κ3) is 6.14. The van der Waals surface area contributed by atoms with Crippen LogP contribution in [0.15, 0.2) is 0 Å². The molecule has 0 saturated heterocycles. The average molecular weight is 258 g/mol. The second kappa shape index (κ2) is 9.73. The van der Waals surface area contributed by atoms with Crippen molar-refractivity contribution in [3.05, 3.63) is 0 Å². The predicted octanol–water partition coefficient (Wildman–Crippen LogP) is 1.35. The highest BCUT2D eigenvalue weighted by atomic mass is 16.5. The number of rotatable bonds is 9. The number of nitrogens with zero attached hydrogens (tertiary/aromatic N) is 1. The minimum atomic E-state index is 0.771. The Kier molecular flexibility index (Phi) is 8.59. The summed E-state index contributed by atoms with van der Waals surface area (Å²) in [6, 6.07) is 0. The summed E-state index contributed by atoms with van der Waals surface area (Å²) in [6.07, 6.45) is 5.28. The van der Waals surface area contributed by atoms with E-state index in [0.717, 1.165) is 44.7 Å². The van der Waals surface area contributed by atoms with Gasteiger partial charge in [-0.1, -0.05) is 0 Å². The molecular formula is C14H30N2O2. The van der Waals surface area contributed by atoms with Crippen LogP contribution in [0.2, 0.25) is 0 Å². The molecule has 1 rings (SSSR count). The van der Waals surface area contributed by atoms with Crippen molar-refractivity contribution in [2.24, 2.45) is 17.6 Å². The molecule has 0 atom stereocenters. The van der Waals surface area contributed by atoms with E-state index in [2.05, 4.69) is 4.90 Å². The molecule has 0 heterocycles. The summed E-state index contributed by atoms with van der Waals surface area (Å²) < 4.78 is 10.4. The molecule has 0 bridgehead atoms. The van der Waals surface area contributed by atoms with Crippen LogP contribution in [0.4, 0.5) is 0 Å². The van der Waals surface area contributed by atoms with Gasteiger partial charge < -0.3 is 15.2 Å². The van der Waals surface area contributed by atoms with Gasteiger partial charge in [0.1, 0.15) is 0 Å². The Bertz CT molecular complexity index is 186. The maximum atomic E-state index is 5.74. The first-order valence-corrected chi connectivity index (χ1v) is 7.20. The Morgan fingerprint density at radius 1 is 0.944 bits per heavy atom. The predicted molar refractivity (Wildman–Crippen MR) is 74.7 cm³/mol. The Labute approximate surface area is 112 Å². The standard InChI is InChI=1S/C14H30N2O2/c1-17-9-7-16(8-10-18-2)12-14-5-3-13(11-15)4-6-14/h13-14H,3-12,15H2,1-2H3. The van der Waals surface area contributed by atoms with Crippen molar-refractivity contribution in [1.29, 1.82) is 0 Å². The van der Waals surface area contributed by atoms with Gasteiger partial charge in [0.2, 0.25) is 0 Å². The van der Waals surface area contributed by atoms with Gasteiger partial charge in [-0.25, -0.2) is 0 Å². The van der Waals surface area contributed by atoms with Gasteiger partial charge in [0.15, 0.2) is 0 Å². The van der Waals surface area contributed by atoms with Crippen molar-refractivity contribution in [1.82, 2.24) is 4.90 Å². The molecule has 1 aliphatic carbocycles. The second-order valence-electron chi connectivity index (χ2n) is 5.41. The Morgan fingerprint density at radius 2 is 1.44 bits per heavy atom. The van der Waals surface area contributed by atoms with Crippen LogP contribution in [-0.4, -0.2) is 58.5 Å². The summed E-state index contributed by atoms with van der Waals surface area (Å²) in [5.41, 5.74) is 5.74. The molecule has 0 aromatic heterocycles. The Hall–Kier alpha value is -0.160. The molecule has 0 aliphatic heterocycles. The van der Waals surface area contributed by atoms with E-state index in [1.165, 1.54) is 32.2 Å². The molecule has 0 spiro atoms. The number of methoxy groups -OCH3 is 2. The zero-order valence-electron chi connectivity index (χ0n) is 12.1. The third-order valence-corrected chi connectivity index (χ3v) is 4.04. The highest BCUT2D eigenvalue weighted by Crippen LogP contribution is 2.28. The van der Waals surface area contributed by atoms with Crippen molar-refractivity contribution in [3.8, 4) is 0 Å². The molecule has 1 saturated carbocycles. The fourth-order valence-electron chi connectivity index (χ4n) is 2.75. The van der Waals surface area contributed by atoms with Gasteiger partial charge in [0.25, 0.3) is 0 Å². The van der Waals surface area contributed by atoms with Gasteiger partial charge in [0, 0.05) is 33.9 Å². The van der Waals surface area contributed by atoms with E-state index >= 15 is 0 Å². The van der Waals surface area contributed by atoms with E-state index in [4.69, 9.17) is 15.2 Å². The molecule has 0 aromatic rings. The quantitative estimate of drug-likeness (QED) is 0.678. The lowest BCUT2D eigenvalue weighted by Gasteiger charge is -2.32. The van der Waals surface area contributed by atoms with Crippen LogP contribution in [0, 0.1) is 11.8 Å². The molecule has 18 heavy (non-hydrogen) atoms. The summed E-state index contributed by atoms with van der Waals surface area (Å²) in [6.45, 7) is 5.69. The molecule has 0 unspecified atom stereocenters. The summed E-state index contributed by atoms with van der Waals surface area (Å²) in [5.74, 6) is 1.61. The van der Waals surface area contributed by atoms with Crippen LogP contribution in [0.25, 0.3) is 0 Å². The van der Waals surface area contributed by atoms with Gasteiger partial charge in [-0.05, 0) is 44.1 Å². The van der Waals surface area contributed by atoms with E-state index in [-0.39, 0.29) is 0 Å². The lowest BCUT2D eigenvalue weighted by Crippen LogP contribution is -2.36. The van der Waals surface area contributed by atoms with Crippen molar-refractivity contribution in [2.45, 2.75) is 25.7 Å². The van der Waals surface area contributed by atoms with E-state index in [1.54, 1.807) is 14.2 Å². The maximum Gasteiger partial charge on any atom is 0.0589 e. The average Bonchev–Trinajstić information content (AvgIpc) is 2.42. The first-order chi connectivity index (χ1) is 8.80. The number of hydrogen-bond donors (Lipinski definition) is 1. The molecule has 1 fully saturated rings. The Morgan fingerprint density at radius 3 is 1.89 bits per heavy atom. The fraction of sp³-hybridized carbons (Fsp3) is 1.00. The van der Waals surface area contributed by atoms with Crippen molar-refractivity contribution in [3.63, 3.8) is 0 Å². The molecule has 0 aromatic carbocycles. The minimum Gasteiger partial charge on any atom is -0.383 e. The highest BCUT2D eigenvalue weighted by Gasteiger charge is 2.21. The normalized spacial score (nSPS) is 24.7. The lowest BCUT2D eigenvalue weighted by atomic mass is 9.82. The van der Waals surface area contributed by atoms with Crippen molar-refractivity contribution in [2.75, 3.05) is 53.6 Å². The molecule has 0 amide bonds. The minimum absolute atomic E-state index is 0.771. The summed E-state index contributed by atoms with van der Waals surface area (Å²) in [4.78, 5) is 2.47. The zero-order valence-corrected chi connectivity index (χ0v) is 12.1. The van der Waals surface area contributed by atoms with E-state index in [1.807, 2.05) is 0 Å². The molecule has 1 aliphatic rings. The summed E-state index contributed by atoms with van der Waals surface area (Å²) in [7, 11) is 3.53. The smallest absolute Gasteiger partial charge is 0.0589 e. The second-order valence-corrected chi connectivity index (χ2v) is 5.41. The first-order valence-electron chi connectivity index (χ1n) is 7.20. The van der Waals surface area contributed by atoms with Crippen LogP contribution in [0.3, 0.4) is 0 Å². The molecule has 4 nitrogen and oxygen atoms in total. The van der Waals surface area contributed by atoms with Gasteiger partial charge >= 0.3 is 0 Å². The van der Waals surface area contributed by atoms with Crippen LogP contribution >= 0.6 is 0 Å². The van der Waals surface area contributed by atoms with E-state index < -0.39 is 0 Å². The maximum absolute atomic E-state index is 5.74. The summed E-state index contributed by atoms with van der Waals surface area (Å²) in [5, 5.41) is 0. The lowest BCUT2D eigenvalue weighted by molar-refractivity contribution is 0.0951. The molecular weight excluding hydrogens is 228 g/mol. The largest absolute Gasteiger partial charge is 0.383 e. The van der Waals surface area contributed by atoms with Crippen LogP contribution < -0.4 is 5.73 Å². The van der Waals surface area contributed by atoms with E-state index in [9.17, 15) is 0 Å². The SMILES string of the molecule is COCCN(CCOC)CC1CCC(CN)CC1. The van der Waals surface area contributed by atoms with Gasteiger partial charge in [-0.2, -0.15) is 0 Å². The van der Waals surface area contributed by atoms with Crippen LogP contribution in [0.1, 0.15) is 25.7 Å². The third-order valence-electron chi connectivity index (χ3n) is 4.04. The Balaban J connectivity index is 2.26. The van der Waals surface area contributed by atoms with Crippen LogP contribution in [0.5, 0.6) is 0 Å². The molecule has 4 heteroatoms. The monoisotopic (exact) mass is 258 g/mol.